The van der Waals surface area contributed by atoms with E-state index >= 15 is 0 Å². The number of benzene rings is 2. The summed E-state index contributed by atoms with van der Waals surface area (Å²) < 4.78 is 30.1. The molecule has 0 radical (unpaired) electrons. The van der Waals surface area contributed by atoms with E-state index in [9.17, 15) is 23.2 Å². The van der Waals surface area contributed by atoms with Gasteiger partial charge in [-0.25, -0.2) is 4.79 Å². The van der Waals surface area contributed by atoms with Crippen molar-refractivity contribution in [1.82, 2.24) is 14.5 Å². The number of aromatic amines is 1. The lowest BCUT2D eigenvalue weighted by Gasteiger charge is -2.23. The van der Waals surface area contributed by atoms with Gasteiger partial charge in [0.15, 0.2) is 5.69 Å². The Balaban J connectivity index is 1.72. The zero-order valence-corrected chi connectivity index (χ0v) is 18.7. The van der Waals surface area contributed by atoms with Crippen molar-refractivity contribution in [2.45, 2.75) is 19.7 Å². The van der Waals surface area contributed by atoms with Gasteiger partial charge < -0.3 is 15.4 Å². The molecule has 9 nitrogen and oxygen atoms in total. The summed E-state index contributed by atoms with van der Waals surface area (Å²) in [5.41, 5.74) is 6.15. The van der Waals surface area contributed by atoms with Gasteiger partial charge in [-0.1, -0.05) is 42.5 Å². The molecule has 1 amide bonds. The van der Waals surface area contributed by atoms with Crippen molar-refractivity contribution in [1.29, 1.82) is 0 Å². The van der Waals surface area contributed by atoms with E-state index in [1.807, 2.05) is 30.3 Å². The van der Waals surface area contributed by atoms with Crippen molar-refractivity contribution in [3.05, 3.63) is 86.6 Å². The molecule has 1 heterocycles. The Bertz CT molecular complexity index is 1240. The van der Waals surface area contributed by atoms with Crippen LogP contribution in [0.2, 0.25) is 0 Å². The van der Waals surface area contributed by atoms with E-state index in [4.69, 9.17) is 5.73 Å². The topological polar surface area (TPSA) is 114 Å². The van der Waals surface area contributed by atoms with Crippen LogP contribution >= 0.6 is 0 Å². The average Bonchev–Trinajstić information content (AvgIpc) is 2.78. The normalized spacial score (nSPS) is 11.1. The fourth-order valence-corrected chi connectivity index (χ4v) is 3.43. The molecule has 1 aromatic heterocycles. The van der Waals surface area contributed by atoms with Crippen molar-refractivity contribution in [3.8, 4) is 5.75 Å². The summed E-state index contributed by atoms with van der Waals surface area (Å²) in [5.74, 6) is -0.509. The first-order valence-electron chi connectivity index (χ1n) is 10.3. The Labute approximate surface area is 194 Å². The molecule has 2 aromatic carbocycles. The summed E-state index contributed by atoms with van der Waals surface area (Å²) in [5, 5.41) is 0. The number of nitrogens with one attached hydrogen (secondary N) is 1. The first-order chi connectivity index (χ1) is 16.2. The van der Waals surface area contributed by atoms with Crippen molar-refractivity contribution in [3.63, 3.8) is 0 Å². The van der Waals surface area contributed by atoms with E-state index in [1.165, 1.54) is 23.7 Å². The lowest BCUT2D eigenvalue weighted by Crippen LogP contribution is -2.42. The number of amides is 1. The van der Waals surface area contributed by atoms with Crippen LogP contribution in [0.15, 0.2) is 64.2 Å². The number of anilines is 2. The molecule has 0 atom stereocenters. The monoisotopic (exact) mass is 473 g/mol. The number of rotatable bonds is 9. The summed E-state index contributed by atoms with van der Waals surface area (Å²) in [6.07, 6.45) is 0. The minimum atomic E-state index is -2.90. The van der Waals surface area contributed by atoms with Crippen LogP contribution in [0.1, 0.15) is 11.1 Å². The van der Waals surface area contributed by atoms with E-state index in [0.29, 0.717) is 6.54 Å². The van der Waals surface area contributed by atoms with Crippen LogP contribution in [0, 0.1) is 0 Å². The summed E-state index contributed by atoms with van der Waals surface area (Å²) in [7, 11) is 3.10. The van der Waals surface area contributed by atoms with E-state index in [1.54, 1.807) is 24.1 Å². The first-order valence-corrected chi connectivity index (χ1v) is 10.3. The molecule has 34 heavy (non-hydrogen) atoms. The van der Waals surface area contributed by atoms with Gasteiger partial charge in [-0.15, -0.1) is 0 Å². The molecule has 11 heteroatoms. The van der Waals surface area contributed by atoms with Crippen molar-refractivity contribution in [2.24, 2.45) is 0 Å². The second-order valence-corrected chi connectivity index (χ2v) is 7.71. The number of H-pyrrole nitrogens is 1. The Hall–Kier alpha value is -3.99. The Morgan fingerprint density at radius 1 is 1.06 bits per heavy atom. The van der Waals surface area contributed by atoms with Gasteiger partial charge in [-0.05, 0) is 30.3 Å². The van der Waals surface area contributed by atoms with Gasteiger partial charge in [-0.3, -0.25) is 24.0 Å². The molecule has 3 aromatic rings. The molecule has 0 fully saturated rings. The summed E-state index contributed by atoms with van der Waals surface area (Å²) >= 11 is 0. The fraction of sp³-hybridized carbons (Fsp3) is 0.261. The molecule has 0 saturated heterocycles. The number of halogens is 2. The molecular weight excluding hydrogens is 448 g/mol. The van der Waals surface area contributed by atoms with E-state index in [2.05, 4.69) is 9.72 Å². The number of alkyl halides is 2. The second-order valence-electron chi connectivity index (χ2n) is 7.71. The summed E-state index contributed by atoms with van der Waals surface area (Å²) in [6.45, 7) is -2.50. The number of nitrogens with zero attached hydrogens (tertiary/aromatic N) is 3. The maximum atomic E-state index is 12.9. The third kappa shape index (κ3) is 6.07. The lowest BCUT2D eigenvalue weighted by molar-refractivity contribution is -0.119. The van der Waals surface area contributed by atoms with Crippen LogP contribution in [-0.2, 0) is 17.9 Å². The SMILES string of the molecule is CN(CC(=O)N(C)c1c(N)n(Cc2ccccc2)c(=O)[nH]c1=O)Cc1ccc(OC(F)F)cc1. The largest absolute Gasteiger partial charge is 0.435 e. The van der Waals surface area contributed by atoms with E-state index in [-0.39, 0.29) is 30.3 Å². The van der Waals surface area contributed by atoms with Gasteiger partial charge in [-0.2, -0.15) is 8.78 Å². The number of aromatic nitrogens is 2. The van der Waals surface area contributed by atoms with Crippen molar-refractivity contribution in [2.75, 3.05) is 31.3 Å². The highest BCUT2D eigenvalue weighted by Crippen LogP contribution is 2.18. The predicted molar refractivity (Wildman–Crippen MR) is 124 cm³/mol. The van der Waals surface area contributed by atoms with E-state index < -0.39 is 23.8 Å². The molecule has 3 N–H and O–H groups in total. The molecule has 180 valence electrons. The minimum Gasteiger partial charge on any atom is -0.435 e. The number of carbonyl (C=O) groups is 1. The maximum absolute atomic E-state index is 12.9. The quantitative estimate of drug-likeness (QED) is 0.491. The second kappa shape index (κ2) is 10.8. The van der Waals surface area contributed by atoms with Crippen molar-refractivity contribution >= 4 is 17.4 Å². The summed E-state index contributed by atoms with van der Waals surface area (Å²) in [6, 6.07) is 15.2. The van der Waals surface area contributed by atoms with Gasteiger partial charge in [0.05, 0.1) is 13.1 Å². The number of likely N-dealkylation sites (N-methyl/N-ethyl adjacent to an activating group) is 2. The van der Waals surface area contributed by atoms with Gasteiger partial charge >= 0.3 is 12.3 Å². The molecule has 0 aliphatic rings. The number of ether oxygens (including phenoxy) is 1. The van der Waals surface area contributed by atoms with Gasteiger partial charge in [0.1, 0.15) is 11.6 Å². The predicted octanol–water partition coefficient (Wildman–Crippen LogP) is 1.86. The highest BCUT2D eigenvalue weighted by molar-refractivity contribution is 5.96. The van der Waals surface area contributed by atoms with Crippen molar-refractivity contribution < 1.29 is 18.3 Å². The van der Waals surface area contributed by atoms with Crippen LogP contribution in [0.25, 0.3) is 0 Å². The zero-order valence-electron chi connectivity index (χ0n) is 18.7. The maximum Gasteiger partial charge on any atom is 0.387 e. The molecule has 0 unspecified atom stereocenters. The van der Waals surface area contributed by atoms with Crippen LogP contribution in [0.3, 0.4) is 0 Å². The van der Waals surface area contributed by atoms with Crippen LogP contribution < -0.4 is 26.6 Å². The molecule has 0 aliphatic heterocycles. The van der Waals surface area contributed by atoms with Gasteiger partial charge in [0.2, 0.25) is 5.91 Å². The molecule has 0 bridgehead atoms. The fourth-order valence-electron chi connectivity index (χ4n) is 3.43. The minimum absolute atomic E-state index is 0.0394. The zero-order chi connectivity index (χ0) is 24.8. The third-order valence-corrected chi connectivity index (χ3v) is 5.11. The standard InChI is InChI=1S/C23H25F2N5O4/c1-28(12-16-8-10-17(11-9-16)34-22(24)25)14-18(31)29(2)19-20(26)30(23(33)27-21(19)32)13-15-6-4-3-5-7-15/h3-11,22H,12-14,26H2,1-2H3,(H,27,32,33). The van der Waals surface area contributed by atoms with E-state index in [0.717, 1.165) is 16.0 Å². The molecule has 3 rings (SSSR count). The summed E-state index contributed by atoms with van der Waals surface area (Å²) in [4.78, 5) is 42.7. The highest BCUT2D eigenvalue weighted by Gasteiger charge is 2.22. The number of nitrogen functional groups attached to an aromatic ring is 1. The molecular formula is C23H25F2N5O4. The van der Waals surface area contributed by atoms with Crippen LogP contribution in [0.4, 0.5) is 20.3 Å². The number of nitrogens with two attached hydrogens (primary N) is 1. The average molecular weight is 473 g/mol. The third-order valence-electron chi connectivity index (χ3n) is 5.11. The number of hydrogen-bond donors (Lipinski definition) is 2. The number of hydrogen-bond acceptors (Lipinski definition) is 6. The molecule has 0 saturated carbocycles. The lowest BCUT2D eigenvalue weighted by atomic mass is 10.2. The molecule has 0 aliphatic carbocycles. The Morgan fingerprint density at radius 2 is 1.71 bits per heavy atom. The van der Waals surface area contributed by atoms with Gasteiger partial charge in [0, 0.05) is 13.6 Å². The first kappa shape index (κ1) is 24.6. The van der Waals surface area contributed by atoms with Gasteiger partial charge in [0.25, 0.3) is 5.56 Å². The smallest absolute Gasteiger partial charge is 0.387 e. The molecule has 0 spiro atoms. The van der Waals surface area contributed by atoms with Crippen LogP contribution in [-0.4, -0.2) is 47.6 Å². The number of carbonyl (C=O) groups excluding carboxylic acids is 1. The Morgan fingerprint density at radius 3 is 2.32 bits per heavy atom. The Kier molecular flexibility index (Phi) is 7.79. The highest BCUT2D eigenvalue weighted by atomic mass is 19.3. The van der Waals surface area contributed by atoms with Crippen LogP contribution in [0.5, 0.6) is 5.75 Å².